The van der Waals surface area contributed by atoms with Crippen molar-refractivity contribution in [3.63, 3.8) is 0 Å². The number of benzene rings is 2. The normalized spacial score (nSPS) is 17.0. The largest absolute Gasteiger partial charge is 0.492 e. The molecule has 2 aromatic carbocycles. The summed E-state index contributed by atoms with van der Waals surface area (Å²) in [5.41, 5.74) is 0.877. The van der Waals surface area contributed by atoms with E-state index in [9.17, 15) is 23.3 Å². The number of carbonyl (C=O) groups excluding carboxylic acids is 1. The second kappa shape index (κ2) is 9.85. The van der Waals surface area contributed by atoms with Gasteiger partial charge in [0.25, 0.3) is 5.69 Å². The van der Waals surface area contributed by atoms with Crippen molar-refractivity contribution in [2.24, 2.45) is 5.92 Å². The Kier molecular flexibility index (Phi) is 7.37. The highest BCUT2D eigenvalue weighted by atomic mass is 35.5. The molecule has 9 nitrogen and oxygen atoms in total. The number of hydrogen-bond donors (Lipinski definition) is 1. The highest BCUT2D eigenvalue weighted by Crippen LogP contribution is 2.31. The number of anilines is 1. The minimum absolute atomic E-state index is 0.00692. The van der Waals surface area contributed by atoms with Gasteiger partial charge in [0.1, 0.15) is 5.75 Å². The van der Waals surface area contributed by atoms with Crippen LogP contribution < -0.4 is 10.1 Å². The minimum atomic E-state index is -3.86. The molecule has 1 fully saturated rings. The van der Waals surface area contributed by atoms with Crippen molar-refractivity contribution in [3.05, 3.63) is 57.1 Å². The molecule has 0 aliphatic carbocycles. The molecule has 172 valence electrons. The summed E-state index contributed by atoms with van der Waals surface area (Å²) in [6.07, 6.45) is 1.02. The molecule has 32 heavy (non-hydrogen) atoms. The van der Waals surface area contributed by atoms with E-state index < -0.39 is 20.9 Å². The second-order valence-electron chi connectivity index (χ2n) is 7.47. The van der Waals surface area contributed by atoms with Gasteiger partial charge in [-0.1, -0.05) is 17.7 Å². The summed E-state index contributed by atoms with van der Waals surface area (Å²) < 4.78 is 32.9. The third-order valence-corrected chi connectivity index (χ3v) is 7.44. The van der Waals surface area contributed by atoms with E-state index in [1.54, 1.807) is 19.9 Å². The molecule has 0 bridgehead atoms. The molecule has 11 heteroatoms. The smallest absolute Gasteiger partial charge is 0.271 e. The third kappa shape index (κ3) is 5.20. The number of ether oxygens (including phenoxy) is 1. The van der Waals surface area contributed by atoms with Crippen molar-refractivity contribution >= 4 is 38.9 Å². The monoisotopic (exact) mass is 481 g/mol. The quantitative estimate of drug-likeness (QED) is 0.471. The van der Waals surface area contributed by atoms with Crippen molar-refractivity contribution in [3.8, 4) is 5.75 Å². The zero-order chi connectivity index (χ0) is 23.5. The Bertz CT molecular complexity index is 1140. The Morgan fingerprint density at radius 3 is 2.72 bits per heavy atom. The summed E-state index contributed by atoms with van der Waals surface area (Å²) in [6, 6.07) is 8.51. The Morgan fingerprint density at radius 1 is 1.31 bits per heavy atom. The second-order valence-corrected chi connectivity index (χ2v) is 9.82. The average molecular weight is 482 g/mol. The number of hydrogen-bond acceptors (Lipinski definition) is 6. The molecule has 1 saturated heterocycles. The zero-order valence-corrected chi connectivity index (χ0v) is 19.3. The van der Waals surface area contributed by atoms with Crippen LogP contribution >= 0.6 is 11.6 Å². The first-order valence-electron chi connectivity index (χ1n) is 10.1. The van der Waals surface area contributed by atoms with Crippen LogP contribution in [0.2, 0.25) is 5.02 Å². The molecule has 1 aliphatic rings. The van der Waals surface area contributed by atoms with Gasteiger partial charge in [-0.15, -0.1) is 0 Å². The average Bonchev–Trinajstić information content (AvgIpc) is 2.76. The van der Waals surface area contributed by atoms with Crippen LogP contribution in [0.3, 0.4) is 0 Å². The highest BCUT2D eigenvalue weighted by Gasteiger charge is 2.34. The summed E-state index contributed by atoms with van der Waals surface area (Å²) >= 11 is 6.15. The highest BCUT2D eigenvalue weighted by molar-refractivity contribution is 7.89. The number of nitro groups is 1. The number of nitrogens with one attached hydrogen (secondary N) is 1. The number of amides is 1. The Hall–Kier alpha value is -2.69. The summed E-state index contributed by atoms with van der Waals surface area (Å²) in [4.78, 5) is 23.4. The van der Waals surface area contributed by atoms with E-state index in [0.717, 1.165) is 0 Å². The van der Waals surface area contributed by atoms with Crippen LogP contribution in [0.1, 0.15) is 25.3 Å². The van der Waals surface area contributed by atoms with Crippen LogP contribution in [0.15, 0.2) is 41.3 Å². The van der Waals surface area contributed by atoms with Gasteiger partial charge in [-0.3, -0.25) is 14.9 Å². The van der Waals surface area contributed by atoms with E-state index in [2.05, 4.69) is 5.32 Å². The lowest BCUT2D eigenvalue weighted by atomic mass is 9.98. The lowest BCUT2D eigenvalue weighted by Gasteiger charge is -2.31. The van der Waals surface area contributed by atoms with Gasteiger partial charge in [-0.2, -0.15) is 4.31 Å². The van der Waals surface area contributed by atoms with Crippen LogP contribution in [0.4, 0.5) is 11.4 Å². The van der Waals surface area contributed by atoms with Gasteiger partial charge < -0.3 is 10.1 Å². The molecule has 1 heterocycles. The maximum atomic E-state index is 13.1. The van der Waals surface area contributed by atoms with Gasteiger partial charge in [0.15, 0.2) is 0 Å². The molecule has 1 N–H and O–H groups in total. The van der Waals surface area contributed by atoms with Crippen molar-refractivity contribution in [1.29, 1.82) is 0 Å². The maximum absolute atomic E-state index is 13.1. The minimum Gasteiger partial charge on any atom is -0.492 e. The van der Waals surface area contributed by atoms with Crippen molar-refractivity contribution in [2.45, 2.75) is 31.6 Å². The number of halogens is 1. The molecule has 3 rings (SSSR count). The van der Waals surface area contributed by atoms with E-state index >= 15 is 0 Å². The van der Waals surface area contributed by atoms with Crippen molar-refractivity contribution in [2.75, 3.05) is 25.0 Å². The molecule has 0 aromatic heterocycles. The number of piperidine rings is 1. The van der Waals surface area contributed by atoms with Crippen molar-refractivity contribution < 1.29 is 22.9 Å². The number of aryl methyl sites for hydroxylation is 1. The first kappa shape index (κ1) is 24.0. The summed E-state index contributed by atoms with van der Waals surface area (Å²) in [7, 11) is -3.86. The fraction of sp³-hybridized carbons (Fsp3) is 0.381. The lowest BCUT2D eigenvalue weighted by molar-refractivity contribution is -0.384. The predicted octanol–water partition coefficient (Wildman–Crippen LogP) is 3.99. The predicted molar refractivity (Wildman–Crippen MR) is 121 cm³/mol. The molecule has 0 spiro atoms. The van der Waals surface area contributed by atoms with E-state index in [1.807, 2.05) is 0 Å². The fourth-order valence-corrected chi connectivity index (χ4v) is 5.38. The third-order valence-electron chi connectivity index (χ3n) is 5.29. The molecule has 2 aromatic rings. The SMILES string of the molecule is CCOc1ccc(S(=O)(=O)N2CCCC(C(=O)Nc3cc([N+](=O)[O-])ccc3C)C2)cc1Cl. The first-order valence-corrected chi connectivity index (χ1v) is 11.9. The Balaban J connectivity index is 1.76. The number of rotatable bonds is 7. The number of nitro benzene ring substituents is 1. The van der Waals surface area contributed by atoms with Crippen LogP contribution in [-0.4, -0.2) is 43.2 Å². The summed E-state index contributed by atoms with van der Waals surface area (Å²) in [5, 5.41) is 13.9. The Labute approximate surface area is 191 Å². The number of carbonyl (C=O) groups is 1. The van der Waals surface area contributed by atoms with Gasteiger partial charge >= 0.3 is 0 Å². The maximum Gasteiger partial charge on any atom is 0.271 e. The van der Waals surface area contributed by atoms with Gasteiger partial charge in [0.05, 0.1) is 33.1 Å². The molecule has 0 radical (unpaired) electrons. The molecular formula is C21H24ClN3O6S. The van der Waals surface area contributed by atoms with E-state index in [0.29, 0.717) is 36.4 Å². The molecule has 1 atom stereocenters. The number of nitrogens with zero attached hydrogens (tertiary/aromatic N) is 2. The summed E-state index contributed by atoms with van der Waals surface area (Å²) in [5.74, 6) is -0.565. The Morgan fingerprint density at radius 2 is 2.06 bits per heavy atom. The van der Waals surface area contributed by atoms with Crippen molar-refractivity contribution in [1.82, 2.24) is 4.31 Å². The van der Waals surface area contributed by atoms with Gasteiger partial charge in [-0.25, -0.2) is 8.42 Å². The fourth-order valence-electron chi connectivity index (χ4n) is 3.53. The van der Waals surface area contributed by atoms with E-state index in [-0.39, 0.29) is 34.6 Å². The summed E-state index contributed by atoms with van der Waals surface area (Å²) in [6.45, 7) is 4.22. The first-order chi connectivity index (χ1) is 15.1. The number of sulfonamides is 1. The van der Waals surface area contributed by atoms with Crippen LogP contribution in [0, 0.1) is 23.0 Å². The van der Waals surface area contributed by atoms with Gasteiger partial charge in [0.2, 0.25) is 15.9 Å². The lowest BCUT2D eigenvalue weighted by Crippen LogP contribution is -2.43. The zero-order valence-electron chi connectivity index (χ0n) is 17.7. The van der Waals surface area contributed by atoms with Gasteiger partial charge in [-0.05, 0) is 50.5 Å². The molecular weight excluding hydrogens is 458 g/mol. The standard InChI is InChI=1S/C21H24ClN3O6S/c1-3-31-20-9-8-17(12-18(20)22)32(29,30)24-10-4-5-15(13-24)21(26)23-19-11-16(25(27)28)7-6-14(19)2/h6-9,11-12,15H,3-5,10,13H2,1-2H3,(H,23,26). The van der Waals surface area contributed by atoms with E-state index in [1.165, 1.54) is 34.6 Å². The molecule has 1 amide bonds. The molecule has 1 aliphatic heterocycles. The molecule has 1 unspecified atom stereocenters. The molecule has 0 saturated carbocycles. The topological polar surface area (TPSA) is 119 Å². The number of non-ortho nitro benzene ring substituents is 1. The van der Waals surface area contributed by atoms with Crippen LogP contribution in [0.25, 0.3) is 0 Å². The van der Waals surface area contributed by atoms with E-state index in [4.69, 9.17) is 16.3 Å². The van der Waals surface area contributed by atoms with Gasteiger partial charge in [0, 0.05) is 25.2 Å². The van der Waals surface area contributed by atoms with Crippen LogP contribution in [-0.2, 0) is 14.8 Å². The van der Waals surface area contributed by atoms with Crippen LogP contribution in [0.5, 0.6) is 5.75 Å².